The molecule has 3 aromatic carbocycles. The molecule has 1 heterocycles. The summed E-state index contributed by atoms with van der Waals surface area (Å²) in [7, 11) is 0. The molecule has 0 bridgehead atoms. The second kappa shape index (κ2) is 9.96. The molecule has 0 atom stereocenters. The number of rotatable bonds is 7. The van der Waals surface area contributed by atoms with Crippen molar-refractivity contribution in [2.75, 3.05) is 32.7 Å². The van der Waals surface area contributed by atoms with Crippen LogP contribution in [0.15, 0.2) is 60.7 Å². The highest BCUT2D eigenvalue weighted by molar-refractivity contribution is 5.99. The molecule has 0 saturated carbocycles. The monoisotopic (exact) mass is 429 g/mol. The van der Waals surface area contributed by atoms with Crippen LogP contribution in [0.3, 0.4) is 0 Å². The summed E-state index contributed by atoms with van der Waals surface area (Å²) >= 11 is 0. The van der Waals surface area contributed by atoms with Gasteiger partial charge >= 0.3 is 0 Å². The van der Waals surface area contributed by atoms with Gasteiger partial charge in [0.25, 0.3) is 5.91 Å². The third-order valence-corrected chi connectivity index (χ3v) is 6.07. The van der Waals surface area contributed by atoms with Crippen LogP contribution in [0.5, 0.6) is 0 Å². The number of piperazine rings is 1. The number of fused-ring (bicyclic) bond motifs is 1. The van der Waals surface area contributed by atoms with Crippen molar-refractivity contribution in [2.24, 2.45) is 0 Å². The zero-order valence-corrected chi connectivity index (χ0v) is 18.9. The summed E-state index contributed by atoms with van der Waals surface area (Å²) in [4.78, 5) is 26.1. The van der Waals surface area contributed by atoms with Gasteiger partial charge in [0.15, 0.2) is 0 Å². The molecule has 0 aliphatic carbocycles. The topological polar surface area (TPSA) is 61.4 Å². The summed E-state index contributed by atoms with van der Waals surface area (Å²) in [5.74, 6) is 0.542. The number of nitrogens with one attached hydrogen (secondary N) is 2. The Morgan fingerprint density at radius 3 is 2.47 bits per heavy atom. The highest BCUT2D eigenvalue weighted by Gasteiger charge is 2.15. The van der Waals surface area contributed by atoms with E-state index in [0.29, 0.717) is 31.1 Å². The van der Waals surface area contributed by atoms with Gasteiger partial charge in [-0.15, -0.1) is 0 Å². The van der Waals surface area contributed by atoms with Gasteiger partial charge in [-0.25, -0.2) is 0 Å². The predicted molar refractivity (Wildman–Crippen MR) is 130 cm³/mol. The number of carbonyl (C=O) groups is 2. The van der Waals surface area contributed by atoms with Gasteiger partial charge in [-0.3, -0.25) is 14.5 Å². The van der Waals surface area contributed by atoms with E-state index >= 15 is 0 Å². The van der Waals surface area contributed by atoms with Crippen LogP contribution in [0, 0.1) is 0 Å². The van der Waals surface area contributed by atoms with Gasteiger partial charge in [0.2, 0.25) is 5.91 Å². The summed E-state index contributed by atoms with van der Waals surface area (Å²) in [6, 6.07) is 21.0. The lowest BCUT2D eigenvalue weighted by Crippen LogP contribution is -2.48. The molecule has 4 rings (SSSR count). The molecule has 0 radical (unpaired) electrons. The van der Waals surface area contributed by atoms with Crippen molar-refractivity contribution >= 4 is 22.6 Å². The van der Waals surface area contributed by atoms with Gasteiger partial charge in [-0.1, -0.05) is 56.3 Å². The van der Waals surface area contributed by atoms with E-state index in [9.17, 15) is 9.59 Å². The zero-order chi connectivity index (χ0) is 22.5. The Labute approximate surface area is 189 Å². The van der Waals surface area contributed by atoms with E-state index in [-0.39, 0.29) is 11.8 Å². The molecule has 3 aromatic rings. The molecule has 2 N–H and O–H groups in total. The second-order valence-corrected chi connectivity index (χ2v) is 8.79. The first-order valence-electron chi connectivity index (χ1n) is 11.4. The van der Waals surface area contributed by atoms with E-state index in [1.54, 1.807) is 0 Å². The van der Waals surface area contributed by atoms with Gasteiger partial charge in [0.05, 0.1) is 6.54 Å². The molecule has 0 unspecified atom stereocenters. The van der Waals surface area contributed by atoms with E-state index in [4.69, 9.17) is 0 Å². The van der Waals surface area contributed by atoms with Crippen LogP contribution in [0.4, 0.5) is 0 Å². The maximum Gasteiger partial charge on any atom is 0.251 e. The number of hydrogen-bond acceptors (Lipinski definition) is 3. The first-order valence-corrected chi connectivity index (χ1v) is 11.4. The quantitative estimate of drug-likeness (QED) is 0.554. The number of benzene rings is 3. The molecule has 1 aliphatic heterocycles. The average molecular weight is 430 g/mol. The van der Waals surface area contributed by atoms with Crippen LogP contribution in [0.1, 0.15) is 42.1 Å². The maximum atomic E-state index is 12.6. The largest absolute Gasteiger partial charge is 0.354 e. The van der Waals surface area contributed by atoms with Crippen molar-refractivity contribution in [3.8, 4) is 11.1 Å². The molecule has 1 fully saturated rings. The van der Waals surface area contributed by atoms with Crippen molar-refractivity contribution in [3.05, 3.63) is 71.8 Å². The molecular formula is C27H31N3O2. The van der Waals surface area contributed by atoms with Crippen molar-refractivity contribution in [2.45, 2.75) is 26.2 Å². The van der Waals surface area contributed by atoms with E-state index in [2.05, 4.69) is 71.8 Å². The van der Waals surface area contributed by atoms with Crippen molar-refractivity contribution in [3.63, 3.8) is 0 Å². The maximum absolute atomic E-state index is 12.6. The predicted octanol–water partition coefficient (Wildman–Crippen LogP) is 4.18. The summed E-state index contributed by atoms with van der Waals surface area (Å²) in [5.41, 5.74) is 4.39. The second-order valence-electron chi connectivity index (χ2n) is 8.79. The third kappa shape index (κ3) is 5.35. The molecule has 5 heteroatoms. The van der Waals surface area contributed by atoms with E-state index in [1.807, 2.05) is 18.2 Å². The lowest BCUT2D eigenvalue weighted by atomic mass is 9.97. The van der Waals surface area contributed by atoms with Crippen LogP contribution in [0.2, 0.25) is 0 Å². The molecule has 1 aliphatic rings. The number of nitrogens with zero attached hydrogens (tertiary/aromatic N) is 1. The number of hydrogen-bond donors (Lipinski definition) is 2. The molecule has 1 saturated heterocycles. The Morgan fingerprint density at radius 2 is 1.72 bits per heavy atom. The minimum atomic E-state index is -0.0587. The molecule has 32 heavy (non-hydrogen) atoms. The lowest BCUT2D eigenvalue weighted by molar-refractivity contribution is -0.124. The summed E-state index contributed by atoms with van der Waals surface area (Å²) in [5, 5.41) is 8.00. The molecule has 0 spiro atoms. The van der Waals surface area contributed by atoms with Gasteiger partial charge in [0.1, 0.15) is 0 Å². The van der Waals surface area contributed by atoms with E-state index in [1.165, 1.54) is 16.7 Å². The van der Waals surface area contributed by atoms with Crippen LogP contribution in [-0.2, 0) is 4.79 Å². The van der Waals surface area contributed by atoms with Crippen LogP contribution in [-0.4, -0.2) is 49.4 Å². The molecule has 2 amide bonds. The van der Waals surface area contributed by atoms with Gasteiger partial charge < -0.3 is 10.6 Å². The summed E-state index contributed by atoms with van der Waals surface area (Å²) < 4.78 is 0. The molecule has 0 aromatic heterocycles. The first-order chi connectivity index (χ1) is 15.5. The minimum absolute atomic E-state index is 0.0587. The normalized spacial score (nSPS) is 14.5. The summed E-state index contributed by atoms with van der Waals surface area (Å²) in [6.07, 6.45) is 0.825. The Hall–Kier alpha value is -3.18. The Balaban J connectivity index is 1.36. The fraction of sp³-hybridized carbons (Fsp3) is 0.333. The smallest absolute Gasteiger partial charge is 0.251 e. The first kappa shape index (κ1) is 22.0. The minimum Gasteiger partial charge on any atom is -0.354 e. The van der Waals surface area contributed by atoms with Gasteiger partial charge in [0, 0.05) is 31.7 Å². The Bertz CT molecular complexity index is 1110. The highest BCUT2D eigenvalue weighted by atomic mass is 16.2. The lowest BCUT2D eigenvalue weighted by Gasteiger charge is -2.26. The van der Waals surface area contributed by atoms with Crippen molar-refractivity contribution < 1.29 is 9.59 Å². The number of carbonyl (C=O) groups excluding carboxylic acids is 2. The Kier molecular flexibility index (Phi) is 6.86. The fourth-order valence-electron chi connectivity index (χ4n) is 4.12. The summed E-state index contributed by atoms with van der Waals surface area (Å²) in [6.45, 7) is 7.83. The van der Waals surface area contributed by atoms with Crippen LogP contribution in [0.25, 0.3) is 21.9 Å². The van der Waals surface area contributed by atoms with E-state index < -0.39 is 0 Å². The van der Waals surface area contributed by atoms with Gasteiger partial charge in [-0.05, 0) is 58.0 Å². The zero-order valence-electron chi connectivity index (χ0n) is 18.9. The van der Waals surface area contributed by atoms with Crippen molar-refractivity contribution in [1.82, 2.24) is 15.5 Å². The highest BCUT2D eigenvalue weighted by Crippen LogP contribution is 2.27. The van der Waals surface area contributed by atoms with Crippen LogP contribution < -0.4 is 10.6 Å². The fourth-order valence-corrected chi connectivity index (χ4v) is 4.12. The Morgan fingerprint density at radius 1 is 1.00 bits per heavy atom. The molecule has 5 nitrogen and oxygen atoms in total. The molecule has 166 valence electrons. The van der Waals surface area contributed by atoms with Crippen molar-refractivity contribution in [1.29, 1.82) is 0 Å². The SMILES string of the molecule is CC(C)c1ccc(-c2ccc3cc(C(=O)NCCCN4CCNC(=O)C4)ccc3c2)cc1. The third-order valence-electron chi connectivity index (χ3n) is 6.07. The number of amides is 2. The molecular weight excluding hydrogens is 398 g/mol. The standard InChI is InChI=1S/C27H31N3O2/c1-19(2)20-4-6-21(7-5-20)22-8-9-24-17-25(11-10-23(24)16-22)27(32)29-12-3-14-30-15-13-28-26(31)18-30/h4-11,16-17,19H,3,12-15,18H2,1-2H3,(H,28,31)(H,29,32). The van der Waals surface area contributed by atoms with E-state index in [0.717, 1.165) is 30.3 Å². The average Bonchev–Trinajstić information content (AvgIpc) is 2.81. The van der Waals surface area contributed by atoms with Gasteiger partial charge in [-0.2, -0.15) is 0 Å². The van der Waals surface area contributed by atoms with Crippen LogP contribution >= 0.6 is 0 Å².